The normalized spacial score (nSPS) is 12.3. The number of halogens is 1. The van der Waals surface area contributed by atoms with Crippen molar-refractivity contribution in [2.75, 3.05) is 0 Å². The summed E-state index contributed by atoms with van der Waals surface area (Å²) in [5.74, 6) is 0.588. The van der Waals surface area contributed by atoms with Crippen molar-refractivity contribution < 1.29 is 12.8 Å². The lowest BCUT2D eigenvalue weighted by molar-refractivity contribution is 0.491. The molecule has 0 saturated carbocycles. The van der Waals surface area contributed by atoms with E-state index in [1.807, 2.05) is 10.8 Å². The van der Waals surface area contributed by atoms with Crippen LogP contribution in [0.2, 0.25) is 0 Å². The van der Waals surface area contributed by atoms with Crippen LogP contribution in [0.4, 0.5) is 4.39 Å². The highest BCUT2D eigenvalue weighted by Gasteiger charge is 2.25. The molecule has 3 aromatic rings. The lowest BCUT2D eigenvalue weighted by atomic mass is 10.0. The lowest BCUT2D eigenvalue weighted by Crippen LogP contribution is -2.40. The smallest absolute Gasteiger partial charge is 0.241 e. The highest BCUT2D eigenvalue weighted by molar-refractivity contribution is 7.89. The van der Waals surface area contributed by atoms with Gasteiger partial charge in [0.15, 0.2) is 0 Å². The SMILES string of the molecule is CCCc1nc(CC)cn1Cc1ccc(-c2ccccc2S(=O)(=O)NC(C)(C)C)cc1F. The highest BCUT2D eigenvalue weighted by Crippen LogP contribution is 2.29. The van der Waals surface area contributed by atoms with E-state index in [0.717, 1.165) is 30.8 Å². The standard InChI is InChI=1S/C25H32FN3O2S/c1-6-10-24-27-20(7-2)17-29(24)16-19-14-13-18(15-22(19)26)21-11-8-9-12-23(21)32(30,31)28-25(3,4)5/h8-9,11-15,17,28H,6-7,10,16H2,1-5H3. The summed E-state index contributed by atoms with van der Waals surface area (Å²) in [5.41, 5.74) is 1.90. The first-order chi connectivity index (χ1) is 15.0. The van der Waals surface area contributed by atoms with Crippen molar-refractivity contribution in [1.29, 1.82) is 0 Å². The molecule has 0 aliphatic carbocycles. The Bertz CT molecular complexity index is 1190. The first kappa shape index (κ1) is 24.1. The number of aryl methyl sites for hydroxylation is 2. The van der Waals surface area contributed by atoms with Crippen LogP contribution in [-0.4, -0.2) is 23.5 Å². The van der Waals surface area contributed by atoms with E-state index in [-0.39, 0.29) is 10.7 Å². The zero-order valence-corrected chi connectivity index (χ0v) is 20.3. The second-order valence-electron chi connectivity index (χ2n) is 9.04. The van der Waals surface area contributed by atoms with Crippen molar-refractivity contribution in [3.8, 4) is 11.1 Å². The van der Waals surface area contributed by atoms with Crippen molar-refractivity contribution in [3.63, 3.8) is 0 Å². The molecule has 7 heteroatoms. The molecule has 5 nitrogen and oxygen atoms in total. The van der Waals surface area contributed by atoms with E-state index in [1.165, 1.54) is 6.07 Å². The third-order valence-electron chi connectivity index (χ3n) is 5.07. The van der Waals surface area contributed by atoms with Crippen LogP contribution >= 0.6 is 0 Å². The minimum absolute atomic E-state index is 0.134. The molecule has 0 atom stereocenters. The van der Waals surface area contributed by atoms with Crippen molar-refractivity contribution in [3.05, 3.63) is 71.6 Å². The quantitative estimate of drug-likeness (QED) is 0.497. The molecule has 32 heavy (non-hydrogen) atoms. The van der Waals surface area contributed by atoms with E-state index in [0.29, 0.717) is 23.2 Å². The van der Waals surface area contributed by atoms with Gasteiger partial charge >= 0.3 is 0 Å². The second-order valence-corrected chi connectivity index (χ2v) is 10.7. The minimum Gasteiger partial charge on any atom is -0.330 e. The summed E-state index contributed by atoms with van der Waals surface area (Å²) in [7, 11) is -3.77. The molecule has 3 rings (SSSR count). The fourth-order valence-electron chi connectivity index (χ4n) is 3.67. The summed E-state index contributed by atoms with van der Waals surface area (Å²) in [6.45, 7) is 9.90. The van der Waals surface area contributed by atoms with Crippen LogP contribution in [0.3, 0.4) is 0 Å². The van der Waals surface area contributed by atoms with E-state index in [1.54, 1.807) is 57.2 Å². The van der Waals surface area contributed by atoms with Gasteiger partial charge in [-0.2, -0.15) is 0 Å². The zero-order valence-electron chi connectivity index (χ0n) is 19.4. The minimum atomic E-state index is -3.77. The largest absolute Gasteiger partial charge is 0.330 e. The van der Waals surface area contributed by atoms with Crippen molar-refractivity contribution in [2.24, 2.45) is 0 Å². The van der Waals surface area contributed by atoms with E-state index in [2.05, 4.69) is 23.6 Å². The Kier molecular flexibility index (Phi) is 7.20. The van der Waals surface area contributed by atoms with Gasteiger partial charge in [-0.3, -0.25) is 0 Å². The van der Waals surface area contributed by atoms with Gasteiger partial charge in [-0.25, -0.2) is 22.5 Å². The Labute approximate surface area is 190 Å². The molecule has 0 saturated heterocycles. The van der Waals surface area contributed by atoms with Crippen LogP contribution in [0.5, 0.6) is 0 Å². The predicted molar refractivity (Wildman–Crippen MR) is 127 cm³/mol. The Morgan fingerprint density at radius 1 is 1.09 bits per heavy atom. The maximum atomic E-state index is 15.1. The van der Waals surface area contributed by atoms with Crippen LogP contribution in [0.25, 0.3) is 11.1 Å². The van der Waals surface area contributed by atoms with Gasteiger partial charge in [-0.15, -0.1) is 0 Å². The first-order valence-corrected chi connectivity index (χ1v) is 12.5. The number of sulfonamides is 1. The van der Waals surface area contributed by atoms with Crippen LogP contribution in [-0.2, 0) is 29.4 Å². The Hall–Kier alpha value is -2.51. The van der Waals surface area contributed by atoms with Crippen LogP contribution in [0, 0.1) is 5.82 Å². The zero-order chi connectivity index (χ0) is 23.5. The Morgan fingerprint density at radius 2 is 1.81 bits per heavy atom. The molecule has 0 bridgehead atoms. The fraction of sp³-hybridized carbons (Fsp3) is 0.400. The number of hydrogen-bond donors (Lipinski definition) is 1. The Balaban J connectivity index is 1.96. The molecule has 172 valence electrons. The van der Waals surface area contributed by atoms with E-state index in [9.17, 15) is 8.42 Å². The van der Waals surface area contributed by atoms with Crippen LogP contribution in [0.15, 0.2) is 53.6 Å². The molecule has 0 aliphatic heterocycles. The van der Waals surface area contributed by atoms with Crippen molar-refractivity contribution >= 4 is 10.0 Å². The van der Waals surface area contributed by atoms with E-state index >= 15 is 4.39 Å². The third-order valence-corrected chi connectivity index (χ3v) is 6.88. The summed E-state index contributed by atoms with van der Waals surface area (Å²) in [5, 5.41) is 0. The third kappa shape index (κ3) is 5.64. The van der Waals surface area contributed by atoms with Gasteiger partial charge in [0.2, 0.25) is 10.0 Å². The van der Waals surface area contributed by atoms with Gasteiger partial charge < -0.3 is 4.57 Å². The van der Waals surface area contributed by atoms with E-state index in [4.69, 9.17) is 0 Å². The Morgan fingerprint density at radius 3 is 2.44 bits per heavy atom. The second kappa shape index (κ2) is 9.55. The molecular formula is C25H32FN3O2S. The van der Waals surface area contributed by atoms with E-state index < -0.39 is 15.6 Å². The van der Waals surface area contributed by atoms with Gasteiger partial charge in [0, 0.05) is 29.3 Å². The summed E-state index contributed by atoms with van der Waals surface area (Å²) in [6, 6.07) is 11.6. The van der Waals surface area contributed by atoms with Crippen LogP contribution in [0.1, 0.15) is 58.1 Å². The maximum Gasteiger partial charge on any atom is 0.241 e. The molecule has 1 N–H and O–H groups in total. The van der Waals surface area contributed by atoms with Gasteiger partial charge in [0.1, 0.15) is 11.6 Å². The molecule has 0 fully saturated rings. The summed E-state index contributed by atoms with van der Waals surface area (Å²) >= 11 is 0. The number of hydrogen-bond acceptors (Lipinski definition) is 3. The average Bonchev–Trinajstić information content (AvgIpc) is 3.10. The molecule has 0 amide bonds. The monoisotopic (exact) mass is 457 g/mol. The first-order valence-electron chi connectivity index (χ1n) is 11.0. The molecule has 0 aliphatic rings. The average molecular weight is 458 g/mol. The fourth-order valence-corrected chi connectivity index (χ4v) is 5.32. The van der Waals surface area contributed by atoms with Gasteiger partial charge in [-0.1, -0.05) is 44.2 Å². The summed E-state index contributed by atoms with van der Waals surface area (Å²) in [6.07, 6.45) is 4.62. The lowest BCUT2D eigenvalue weighted by Gasteiger charge is -2.21. The molecule has 2 aromatic carbocycles. The number of aromatic nitrogens is 2. The highest BCUT2D eigenvalue weighted by atomic mass is 32.2. The molecule has 1 heterocycles. The summed E-state index contributed by atoms with van der Waals surface area (Å²) in [4.78, 5) is 4.78. The number of imidazole rings is 1. The number of nitrogens with one attached hydrogen (secondary N) is 1. The summed E-state index contributed by atoms with van der Waals surface area (Å²) < 4.78 is 45.7. The predicted octanol–water partition coefficient (Wildman–Crippen LogP) is 5.33. The van der Waals surface area contributed by atoms with Crippen molar-refractivity contribution in [1.82, 2.24) is 14.3 Å². The molecule has 0 spiro atoms. The topological polar surface area (TPSA) is 64.0 Å². The van der Waals surface area contributed by atoms with Gasteiger partial charge in [0.05, 0.1) is 17.1 Å². The number of rotatable bonds is 8. The maximum absolute atomic E-state index is 15.1. The molecule has 1 aromatic heterocycles. The number of benzene rings is 2. The number of nitrogens with zero attached hydrogens (tertiary/aromatic N) is 2. The molecular weight excluding hydrogens is 425 g/mol. The molecule has 0 radical (unpaired) electrons. The van der Waals surface area contributed by atoms with Crippen molar-refractivity contribution in [2.45, 2.75) is 70.9 Å². The van der Waals surface area contributed by atoms with Gasteiger partial charge in [0.25, 0.3) is 0 Å². The molecule has 0 unspecified atom stereocenters. The van der Waals surface area contributed by atoms with Crippen LogP contribution < -0.4 is 4.72 Å². The van der Waals surface area contributed by atoms with Gasteiger partial charge in [-0.05, 0) is 51.3 Å².